The van der Waals surface area contributed by atoms with Crippen LogP contribution in [0, 0.1) is 13.8 Å². The maximum atomic E-state index is 11.7. The SMILES string of the molecule is Cc1ccc(C)c(OCC(=O)N/N=C\c2cccc(Cl)c2Cl)c1. The Hall–Kier alpha value is -2.04. The fourth-order valence-corrected chi connectivity index (χ4v) is 2.19. The first-order chi connectivity index (χ1) is 11.0. The zero-order valence-electron chi connectivity index (χ0n) is 12.8. The monoisotopic (exact) mass is 350 g/mol. The van der Waals surface area contributed by atoms with Gasteiger partial charge in [0.15, 0.2) is 6.61 Å². The fourth-order valence-electron chi connectivity index (χ4n) is 1.83. The quantitative estimate of drug-likeness (QED) is 0.650. The summed E-state index contributed by atoms with van der Waals surface area (Å²) in [7, 11) is 0. The van der Waals surface area contributed by atoms with E-state index in [9.17, 15) is 4.79 Å². The van der Waals surface area contributed by atoms with Gasteiger partial charge in [-0.25, -0.2) is 5.43 Å². The van der Waals surface area contributed by atoms with Gasteiger partial charge in [0.05, 0.1) is 16.3 Å². The molecule has 120 valence electrons. The minimum absolute atomic E-state index is 0.120. The lowest BCUT2D eigenvalue weighted by atomic mass is 10.1. The summed E-state index contributed by atoms with van der Waals surface area (Å²) in [4.78, 5) is 11.7. The number of carbonyl (C=O) groups is 1. The van der Waals surface area contributed by atoms with E-state index in [0.717, 1.165) is 11.1 Å². The maximum Gasteiger partial charge on any atom is 0.277 e. The van der Waals surface area contributed by atoms with Gasteiger partial charge in [0.25, 0.3) is 5.91 Å². The van der Waals surface area contributed by atoms with Crippen LogP contribution in [-0.4, -0.2) is 18.7 Å². The van der Waals surface area contributed by atoms with Crippen molar-refractivity contribution in [2.45, 2.75) is 13.8 Å². The van der Waals surface area contributed by atoms with Gasteiger partial charge in [-0.1, -0.05) is 47.5 Å². The number of hydrogen-bond donors (Lipinski definition) is 1. The minimum Gasteiger partial charge on any atom is -0.483 e. The number of ether oxygens (including phenoxy) is 1. The van der Waals surface area contributed by atoms with Crippen LogP contribution in [0.15, 0.2) is 41.5 Å². The molecular weight excluding hydrogens is 335 g/mol. The number of carbonyl (C=O) groups excluding carboxylic acids is 1. The molecule has 1 N–H and O–H groups in total. The van der Waals surface area contributed by atoms with Crippen molar-refractivity contribution in [1.82, 2.24) is 5.43 Å². The molecule has 0 radical (unpaired) electrons. The summed E-state index contributed by atoms with van der Waals surface area (Å²) in [6.07, 6.45) is 1.43. The van der Waals surface area contributed by atoms with Gasteiger partial charge in [-0.2, -0.15) is 5.10 Å². The Labute approximate surface area is 145 Å². The first-order valence-electron chi connectivity index (χ1n) is 6.93. The number of benzene rings is 2. The van der Waals surface area contributed by atoms with Crippen LogP contribution in [0.25, 0.3) is 0 Å². The normalized spacial score (nSPS) is 10.8. The average Bonchev–Trinajstić information content (AvgIpc) is 2.52. The summed E-state index contributed by atoms with van der Waals surface area (Å²) < 4.78 is 5.49. The van der Waals surface area contributed by atoms with Crippen molar-refractivity contribution in [2.24, 2.45) is 5.10 Å². The molecule has 2 rings (SSSR count). The van der Waals surface area contributed by atoms with E-state index in [1.807, 2.05) is 32.0 Å². The minimum atomic E-state index is -0.361. The number of nitrogens with one attached hydrogen (secondary N) is 1. The standard InChI is InChI=1S/C17H16Cl2N2O2/c1-11-6-7-12(2)15(8-11)23-10-16(22)21-20-9-13-4-3-5-14(18)17(13)19/h3-9H,10H2,1-2H3,(H,21,22)/b20-9-. The van der Waals surface area contributed by atoms with Crippen LogP contribution in [0.1, 0.15) is 16.7 Å². The van der Waals surface area contributed by atoms with E-state index >= 15 is 0 Å². The van der Waals surface area contributed by atoms with Crippen molar-refractivity contribution in [3.63, 3.8) is 0 Å². The Morgan fingerprint density at radius 1 is 1.26 bits per heavy atom. The first-order valence-corrected chi connectivity index (χ1v) is 7.69. The average molecular weight is 351 g/mol. The number of nitrogens with zero attached hydrogens (tertiary/aromatic N) is 1. The second kappa shape index (κ2) is 7.99. The number of hydrazone groups is 1. The number of rotatable bonds is 5. The van der Waals surface area contributed by atoms with E-state index < -0.39 is 0 Å². The second-order valence-corrected chi connectivity index (χ2v) is 5.78. The third-order valence-corrected chi connectivity index (χ3v) is 3.91. The van der Waals surface area contributed by atoms with E-state index in [-0.39, 0.29) is 12.5 Å². The fraction of sp³-hybridized carbons (Fsp3) is 0.176. The van der Waals surface area contributed by atoms with Crippen LogP contribution in [0.4, 0.5) is 0 Å². The Bertz CT molecular complexity index is 745. The summed E-state index contributed by atoms with van der Waals surface area (Å²) in [5.41, 5.74) is 5.05. The van der Waals surface area contributed by atoms with Crippen LogP contribution in [0.2, 0.25) is 10.0 Å². The summed E-state index contributed by atoms with van der Waals surface area (Å²) in [5, 5.41) is 4.67. The van der Waals surface area contributed by atoms with Gasteiger partial charge in [0.1, 0.15) is 5.75 Å². The third kappa shape index (κ3) is 4.98. The highest BCUT2D eigenvalue weighted by Gasteiger charge is 2.05. The highest BCUT2D eigenvalue weighted by atomic mass is 35.5. The van der Waals surface area contributed by atoms with Crippen molar-refractivity contribution in [3.05, 3.63) is 63.1 Å². The van der Waals surface area contributed by atoms with Gasteiger partial charge in [-0.15, -0.1) is 0 Å². The predicted molar refractivity (Wildman–Crippen MR) is 93.6 cm³/mol. The van der Waals surface area contributed by atoms with Crippen LogP contribution in [-0.2, 0) is 4.79 Å². The highest BCUT2D eigenvalue weighted by molar-refractivity contribution is 6.43. The molecule has 23 heavy (non-hydrogen) atoms. The molecule has 0 bridgehead atoms. The molecule has 0 saturated carbocycles. The molecule has 4 nitrogen and oxygen atoms in total. The van der Waals surface area contributed by atoms with Crippen LogP contribution < -0.4 is 10.2 Å². The maximum absolute atomic E-state index is 11.7. The number of aryl methyl sites for hydroxylation is 2. The topological polar surface area (TPSA) is 50.7 Å². The van der Waals surface area contributed by atoms with E-state index in [1.54, 1.807) is 18.2 Å². The molecule has 1 amide bonds. The molecule has 0 aliphatic heterocycles. The molecule has 0 saturated heterocycles. The largest absolute Gasteiger partial charge is 0.483 e. The van der Waals surface area contributed by atoms with Crippen LogP contribution in [0.5, 0.6) is 5.75 Å². The molecule has 0 aliphatic carbocycles. The molecular formula is C17H16Cl2N2O2. The number of hydrogen-bond acceptors (Lipinski definition) is 3. The predicted octanol–water partition coefficient (Wildman–Crippen LogP) is 4.14. The molecule has 0 heterocycles. The lowest BCUT2D eigenvalue weighted by molar-refractivity contribution is -0.123. The summed E-state index contributed by atoms with van der Waals surface area (Å²) in [6, 6.07) is 11.0. The molecule has 0 unspecified atom stereocenters. The molecule has 0 aliphatic rings. The summed E-state index contributed by atoms with van der Waals surface area (Å²) in [5.74, 6) is 0.322. The van der Waals surface area contributed by atoms with Crippen molar-refractivity contribution in [1.29, 1.82) is 0 Å². The Balaban J connectivity index is 1.89. The van der Waals surface area contributed by atoms with E-state index in [0.29, 0.717) is 21.4 Å². The lowest BCUT2D eigenvalue weighted by Crippen LogP contribution is -2.24. The van der Waals surface area contributed by atoms with Crippen molar-refractivity contribution in [2.75, 3.05) is 6.61 Å². The Kier molecular flexibility index (Phi) is 6.02. The molecule has 0 fully saturated rings. The first kappa shape index (κ1) is 17.3. The molecule has 2 aromatic carbocycles. The number of amides is 1. The highest BCUT2D eigenvalue weighted by Crippen LogP contribution is 2.24. The lowest BCUT2D eigenvalue weighted by Gasteiger charge is -2.08. The molecule has 0 spiro atoms. The van der Waals surface area contributed by atoms with Gasteiger partial charge in [0, 0.05) is 5.56 Å². The van der Waals surface area contributed by atoms with Gasteiger partial charge >= 0.3 is 0 Å². The van der Waals surface area contributed by atoms with Gasteiger partial charge in [-0.05, 0) is 37.1 Å². The van der Waals surface area contributed by atoms with Crippen molar-refractivity contribution in [3.8, 4) is 5.75 Å². The Morgan fingerprint density at radius 3 is 2.83 bits per heavy atom. The van der Waals surface area contributed by atoms with Crippen molar-refractivity contribution >= 4 is 35.3 Å². The van der Waals surface area contributed by atoms with Crippen LogP contribution >= 0.6 is 23.2 Å². The molecule has 0 atom stereocenters. The van der Waals surface area contributed by atoms with E-state index in [4.69, 9.17) is 27.9 Å². The summed E-state index contributed by atoms with van der Waals surface area (Å²) >= 11 is 11.9. The Morgan fingerprint density at radius 2 is 2.04 bits per heavy atom. The van der Waals surface area contributed by atoms with Crippen molar-refractivity contribution < 1.29 is 9.53 Å². The zero-order valence-corrected chi connectivity index (χ0v) is 14.3. The van der Waals surface area contributed by atoms with Crippen LogP contribution in [0.3, 0.4) is 0 Å². The van der Waals surface area contributed by atoms with Gasteiger partial charge in [-0.3, -0.25) is 4.79 Å². The van der Waals surface area contributed by atoms with Gasteiger partial charge < -0.3 is 4.74 Å². The molecule has 6 heteroatoms. The zero-order chi connectivity index (χ0) is 16.8. The second-order valence-electron chi connectivity index (χ2n) is 4.99. The van der Waals surface area contributed by atoms with E-state index in [1.165, 1.54) is 6.21 Å². The number of halogens is 2. The molecule has 0 aromatic heterocycles. The third-order valence-electron chi connectivity index (χ3n) is 3.08. The van der Waals surface area contributed by atoms with E-state index in [2.05, 4.69) is 10.5 Å². The van der Waals surface area contributed by atoms with Gasteiger partial charge in [0.2, 0.25) is 0 Å². The molecule has 2 aromatic rings. The summed E-state index contributed by atoms with van der Waals surface area (Å²) in [6.45, 7) is 3.77. The smallest absolute Gasteiger partial charge is 0.277 e.